The molecule has 3 nitrogen and oxygen atoms in total. The lowest BCUT2D eigenvalue weighted by Crippen LogP contribution is -2.40. The van der Waals surface area contributed by atoms with Crippen LogP contribution in [0, 0.1) is 5.41 Å². The second-order valence-electron chi connectivity index (χ2n) is 3.81. The van der Waals surface area contributed by atoms with E-state index in [1.165, 1.54) is 0 Å². The second kappa shape index (κ2) is 4.21. The van der Waals surface area contributed by atoms with Crippen LogP contribution in [0.4, 0.5) is 0 Å². The number of hydrogen-bond donors (Lipinski definition) is 2. The third-order valence-corrected chi connectivity index (χ3v) is 2.83. The summed E-state index contributed by atoms with van der Waals surface area (Å²) >= 11 is 0. The Morgan fingerprint density at radius 2 is 2.42 bits per heavy atom. The summed E-state index contributed by atoms with van der Waals surface area (Å²) in [7, 11) is 0. The number of rotatable bonds is 3. The monoisotopic (exact) mass is 173 g/mol. The molecule has 2 atom stereocenters. The van der Waals surface area contributed by atoms with Gasteiger partial charge >= 0.3 is 0 Å². The van der Waals surface area contributed by atoms with E-state index in [9.17, 15) is 0 Å². The maximum Gasteiger partial charge on any atom is 0.0552 e. The Morgan fingerprint density at radius 1 is 1.67 bits per heavy atom. The molecule has 0 radical (unpaired) electrons. The third-order valence-electron chi connectivity index (χ3n) is 2.83. The Morgan fingerprint density at radius 3 is 2.92 bits per heavy atom. The maximum absolute atomic E-state index is 8.90. The molecule has 0 saturated carbocycles. The third kappa shape index (κ3) is 2.19. The minimum Gasteiger partial charge on any atom is -0.396 e. The molecule has 0 bridgehead atoms. The van der Waals surface area contributed by atoms with Crippen LogP contribution < -0.4 is 5.73 Å². The Kier molecular flexibility index (Phi) is 3.50. The molecule has 0 aromatic carbocycles. The molecule has 12 heavy (non-hydrogen) atoms. The summed E-state index contributed by atoms with van der Waals surface area (Å²) in [5.74, 6) is 0. The molecule has 72 valence electrons. The lowest BCUT2D eigenvalue weighted by molar-refractivity contribution is -0.0435. The molecule has 1 aliphatic rings. The molecule has 0 aliphatic carbocycles. The van der Waals surface area contributed by atoms with Crippen LogP contribution in [0.2, 0.25) is 0 Å². The van der Waals surface area contributed by atoms with Gasteiger partial charge in [0.15, 0.2) is 0 Å². The smallest absolute Gasteiger partial charge is 0.0552 e. The molecule has 0 amide bonds. The molecule has 1 aliphatic heterocycles. The highest BCUT2D eigenvalue weighted by Crippen LogP contribution is 2.35. The van der Waals surface area contributed by atoms with Gasteiger partial charge in [-0.1, -0.05) is 0 Å². The van der Waals surface area contributed by atoms with Gasteiger partial charge in [-0.05, 0) is 38.1 Å². The van der Waals surface area contributed by atoms with Crippen LogP contribution in [-0.4, -0.2) is 31.0 Å². The van der Waals surface area contributed by atoms with Crippen molar-refractivity contribution in [2.24, 2.45) is 11.1 Å². The van der Waals surface area contributed by atoms with Crippen molar-refractivity contribution in [3.05, 3.63) is 0 Å². The van der Waals surface area contributed by atoms with Crippen molar-refractivity contribution >= 4 is 0 Å². The van der Waals surface area contributed by atoms with Gasteiger partial charge in [-0.25, -0.2) is 0 Å². The molecule has 1 heterocycles. The van der Waals surface area contributed by atoms with Gasteiger partial charge in [0.2, 0.25) is 0 Å². The molecule has 0 aromatic rings. The molecule has 1 saturated heterocycles. The summed E-state index contributed by atoms with van der Waals surface area (Å²) in [4.78, 5) is 0. The first kappa shape index (κ1) is 9.96. The summed E-state index contributed by atoms with van der Waals surface area (Å²) in [6, 6.07) is 0. The number of aliphatic hydroxyl groups excluding tert-OH is 1. The first-order chi connectivity index (χ1) is 5.72. The number of hydrogen-bond acceptors (Lipinski definition) is 3. The largest absolute Gasteiger partial charge is 0.396 e. The summed E-state index contributed by atoms with van der Waals surface area (Å²) < 4.78 is 5.44. The number of aliphatic hydroxyl groups is 1. The average molecular weight is 173 g/mol. The van der Waals surface area contributed by atoms with Gasteiger partial charge in [0.1, 0.15) is 0 Å². The van der Waals surface area contributed by atoms with Crippen molar-refractivity contribution in [1.82, 2.24) is 0 Å². The first-order valence-electron chi connectivity index (χ1n) is 4.65. The molecule has 1 rings (SSSR count). The zero-order chi connectivity index (χ0) is 9.03. The summed E-state index contributed by atoms with van der Waals surface area (Å²) in [5, 5.41) is 8.90. The van der Waals surface area contributed by atoms with Gasteiger partial charge in [-0.2, -0.15) is 0 Å². The average Bonchev–Trinajstić information content (AvgIpc) is 2.05. The lowest BCUT2D eigenvalue weighted by Gasteiger charge is -2.38. The second-order valence-corrected chi connectivity index (χ2v) is 3.81. The molecule has 3 N–H and O–H groups in total. The van der Waals surface area contributed by atoms with E-state index in [4.69, 9.17) is 15.6 Å². The van der Waals surface area contributed by atoms with Crippen molar-refractivity contribution in [2.75, 3.05) is 19.8 Å². The minimum absolute atomic E-state index is 0.145. The minimum atomic E-state index is 0.145. The summed E-state index contributed by atoms with van der Waals surface area (Å²) in [6.07, 6.45) is 3.10. The van der Waals surface area contributed by atoms with Crippen LogP contribution in [0.1, 0.15) is 26.2 Å². The van der Waals surface area contributed by atoms with Crippen LogP contribution >= 0.6 is 0 Å². The summed E-state index contributed by atoms with van der Waals surface area (Å²) in [5.41, 5.74) is 5.87. The van der Waals surface area contributed by atoms with Crippen molar-refractivity contribution in [1.29, 1.82) is 0 Å². The zero-order valence-electron chi connectivity index (χ0n) is 7.75. The molecular weight excluding hydrogens is 154 g/mol. The van der Waals surface area contributed by atoms with E-state index in [-0.39, 0.29) is 12.0 Å². The fourth-order valence-electron chi connectivity index (χ4n) is 2.00. The zero-order valence-corrected chi connectivity index (χ0v) is 7.75. The highest BCUT2D eigenvalue weighted by Gasteiger charge is 2.33. The van der Waals surface area contributed by atoms with Gasteiger partial charge in [0, 0.05) is 13.2 Å². The normalized spacial score (nSPS) is 36.8. The van der Waals surface area contributed by atoms with E-state index >= 15 is 0 Å². The number of nitrogens with two attached hydrogens (primary N) is 1. The first-order valence-corrected chi connectivity index (χ1v) is 4.65. The van der Waals surface area contributed by atoms with Crippen LogP contribution in [0.5, 0.6) is 0 Å². The molecule has 3 heteroatoms. The molecular formula is C9H19NO2. The Labute approximate surface area is 73.9 Å². The lowest BCUT2D eigenvalue weighted by atomic mass is 9.75. The molecule has 1 fully saturated rings. The number of ether oxygens (including phenoxy) is 1. The summed E-state index contributed by atoms with van der Waals surface area (Å²) in [6.45, 7) is 3.77. The van der Waals surface area contributed by atoms with E-state index < -0.39 is 0 Å². The van der Waals surface area contributed by atoms with Gasteiger partial charge < -0.3 is 15.6 Å². The topological polar surface area (TPSA) is 55.5 Å². The van der Waals surface area contributed by atoms with Crippen LogP contribution in [0.25, 0.3) is 0 Å². The fraction of sp³-hybridized carbons (Fsp3) is 1.00. The predicted molar refractivity (Wildman–Crippen MR) is 47.8 cm³/mol. The van der Waals surface area contributed by atoms with Gasteiger partial charge in [-0.15, -0.1) is 0 Å². The quantitative estimate of drug-likeness (QED) is 0.654. The molecule has 0 aromatic heterocycles. The fourth-order valence-corrected chi connectivity index (χ4v) is 2.00. The maximum atomic E-state index is 8.90. The highest BCUT2D eigenvalue weighted by molar-refractivity contribution is 4.85. The van der Waals surface area contributed by atoms with Crippen molar-refractivity contribution in [3.63, 3.8) is 0 Å². The molecule has 0 spiro atoms. The predicted octanol–water partition coefficient (Wildman–Crippen LogP) is 0.513. The SMILES string of the molecule is CC1CC(CN)(CCO)CCO1. The highest BCUT2D eigenvalue weighted by atomic mass is 16.5. The Bertz CT molecular complexity index is 136. The molecule has 2 unspecified atom stereocenters. The van der Waals surface area contributed by atoms with Crippen molar-refractivity contribution < 1.29 is 9.84 Å². The van der Waals surface area contributed by atoms with E-state index in [1.807, 2.05) is 0 Å². The van der Waals surface area contributed by atoms with Gasteiger partial charge in [0.25, 0.3) is 0 Å². The van der Waals surface area contributed by atoms with Crippen LogP contribution in [-0.2, 0) is 4.74 Å². The van der Waals surface area contributed by atoms with Crippen molar-refractivity contribution in [3.8, 4) is 0 Å². The Hall–Kier alpha value is -0.120. The van der Waals surface area contributed by atoms with E-state index in [1.54, 1.807) is 0 Å². The van der Waals surface area contributed by atoms with Crippen LogP contribution in [0.15, 0.2) is 0 Å². The van der Waals surface area contributed by atoms with E-state index in [0.29, 0.717) is 12.6 Å². The van der Waals surface area contributed by atoms with E-state index in [0.717, 1.165) is 25.9 Å². The van der Waals surface area contributed by atoms with Gasteiger partial charge in [0.05, 0.1) is 6.10 Å². The standard InChI is InChI=1S/C9H19NO2/c1-8-6-9(7-10,2-4-11)3-5-12-8/h8,11H,2-7,10H2,1H3. The van der Waals surface area contributed by atoms with Crippen molar-refractivity contribution in [2.45, 2.75) is 32.3 Å². The van der Waals surface area contributed by atoms with Gasteiger partial charge in [-0.3, -0.25) is 0 Å². The van der Waals surface area contributed by atoms with Crippen LogP contribution in [0.3, 0.4) is 0 Å². The van der Waals surface area contributed by atoms with E-state index in [2.05, 4.69) is 6.92 Å². The Balaban J connectivity index is 2.51.